The van der Waals surface area contributed by atoms with Gasteiger partial charge in [0.15, 0.2) is 5.82 Å². The quantitative estimate of drug-likeness (QED) is 0.807. The summed E-state index contributed by atoms with van der Waals surface area (Å²) < 4.78 is 18.3. The Hall–Kier alpha value is -1.96. The molecule has 21 heavy (non-hydrogen) atoms. The zero-order valence-electron chi connectivity index (χ0n) is 12.3. The summed E-state index contributed by atoms with van der Waals surface area (Å²) in [5, 5.41) is 11.8. The lowest BCUT2D eigenvalue weighted by Gasteiger charge is -2.15. The zero-order chi connectivity index (χ0) is 15.4. The fourth-order valence-corrected chi connectivity index (χ4v) is 2.74. The highest BCUT2D eigenvalue weighted by atomic mass is 32.2. The van der Waals surface area contributed by atoms with Crippen LogP contribution in [0.15, 0.2) is 18.2 Å². The maximum Gasteiger partial charge on any atom is 0.188 e. The number of hydrogen-bond donors (Lipinski definition) is 1. The van der Waals surface area contributed by atoms with E-state index in [2.05, 4.69) is 15.5 Å². The molecule has 2 N–H and O–H groups in total. The fraction of sp³-hybridized carbons (Fsp3) is 0.462. The minimum absolute atomic E-state index is 0.0169. The summed E-state index contributed by atoms with van der Waals surface area (Å²) in [4.78, 5) is 0. The summed E-state index contributed by atoms with van der Waals surface area (Å²) >= 11 is 0. The number of hydrogen-bond acceptors (Lipinski definition) is 6. The van der Waals surface area contributed by atoms with Crippen molar-refractivity contribution < 1.29 is 8.95 Å². The Bertz CT molecular complexity index is 643. The van der Waals surface area contributed by atoms with Crippen molar-refractivity contribution in [2.45, 2.75) is 19.4 Å². The number of anilines is 1. The van der Waals surface area contributed by atoms with Gasteiger partial charge in [-0.05, 0) is 35.9 Å². The van der Waals surface area contributed by atoms with Crippen molar-refractivity contribution >= 4 is 16.5 Å². The molecule has 1 heterocycles. The normalized spacial score (nSPS) is 13.9. The predicted molar refractivity (Wildman–Crippen MR) is 82.5 cm³/mol. The Labute approximate surface area is 125 Å². The van der Waals surface area contributed by atoms with E-state index >= 15 is 0 Å². The molecule has 2 rings (SSSR count). The molecular formula is C13H19N5O2S. The molecule has 2 aromatic rings. The SMILES string of the molecule is COc1cccc(N)c1-c1nnnn1C(C)CCS(C)=O. The second kappa shape index (κ2) is 6.66. The van der Waals surface area contributed by atoms with Crippen LogP contribution in [0.3, 0.4) is 0 Å². The van der Waals surface area contributed by atoms with Gasteiger partial charge in [0.1, 0.15) is 5.75 Å². The maximum atomic E-state index is 11.2. The van der Waals surface area contributed by atoms with Crippen molar-refractivity contribution in [3.63, 3.8) is 0 Å². The smallest absolute Gasteiger partial charge is 0.188 e. The van der Waals surface area contributed by atoms with Crippen LogP contribution in [-0.2, 0) is 10.8 Å². The fourth-order valence-electron chi connectivity index (χ4n) is 2.07. The number of benzene rings is 1. The van der Waals surface area contributed by atoms with Crippen molar-refractivity contribution in [1.82, 2.24) is 20.2 Å². The van der Waals surface area contributed by atoms with Gasteiger partial charge in [-0.2, -0.15) is 0 Å². The van der Waals surface area contributed by atoms with E-state index in [0.29, 0.717) is 28.6 Å². The molecule has 0 saturated carbocycles. The molecule has 0 fully saturated rings. The van der Waals surface area contributed by atoms with Gasteiger partial charge in [-0.25, -0.2) is 4.68 Å². The third kappa shape index (κ3) is 3.38. The van der Waals surface area contributed by atoms with E-state index in [1.54, 1.807) is 24.1 Å². The molecule has 0 aliphatic carbocycles. The Morgan fingerprint density at radius 3 is 2.90 bits per heavy atom. The molecule has 0 saturated heterocycles. The number of aromatic nitrogens is 4. The highest BCUT2D eigenvalue weighted by molar-refractivity contribution is 7.84. The summed E-state index contributed by atoms with van der Waals surface area (Å²) in [6.45, 7) is 1.98. The topological polar surface area (TPSA) is 95.9 Å². The van der Waals surface area contributed by atoms with Gasteiger partial charge in [-0.3, -0.25) is 4.21 Å². The lowest BCUT2D eigenvalue weighted by molar-refractivity contribution is 0.414. The Morgan fingerprint density at radius 1 is 1.48 bits per heavy atom. The first-order valence-corrected chi connectivity index (χ1v) is 8.28. The summed E-state index contributed by atoms with van der Waals surface area (Å²) in [6.07, 6.45) is 2.40. The number of nitrogens with zero attached hydrogens (tertiary/aromatic N) is 4. The van der Waals surface area contributed by atoms with Crippen LogP contribution in [0, 0.1) is 0 Å². The number of ether oxygens (including phenoxy) is 1. The van der Waals surface area contributed by atoms with Crippen LogP contribution in [0.5, 0.6) is 5.75 Å². The maximum absolute atomic E-state index is 11.2. The number of nitrogens with two attached hydrogens (primary N) is 1. The minimum atomic E-state index is -0.841. The highest BCUT2D eigenvalue weighted by Crippen LogP contribution is 2.34. The van der Waals surface area contributed by atoms with Gasteiger partial charge >= 0.3 is 0 Å². The Kier molecular flexibility index (Phi) is 4.89. The van der Waals surface area contributed by atoms with Crippen LogP contribution in [0.4, 0.5) is 5.69 Å². The number of methoxy groups -OCH3 is 1. The molecule has 0 radical (unpaired) electrons. The minimum Gasteiger partial charge on any atom is -0.496 e. The van der Waals surface area contributed by atoms with E-state index in [-0.39, 0.29) is 6.04 Å². The van der Waals surface area contributed by atoms with Crippen molar-refractivity contribution in [2.24, 2.45) is 0 Å². The van der Waals surface area contributed by atoms with Gasteiger partial charge < -0.3 is 10.5 Å². The van der Waals surface area contributed by atoms with Gasteiger partial charge in [0.05, 0.1) is 18.7 Å². The van der Waals surface area contributed by atoms with Gasteiger partial charge in [-0.1, -0.05) is 6.07 Å². The Balaban J connectivity index is 2.39. The van der Waals surface area contributed by atoms with Gasteiger partial charge in [-0.15, -0.1) is 5.10 Å². The average molecular weight is 309 g/mol. The van der Waals surface area contributed by atoms with Crippen LogP contribution in [-0.4, -0.2) is 43.5 Å². The molecule has 0 amide bonds. The highest BCUT2D eigenvalue weighted by Gasteiger charge is 2.20. The first-order chi connectivity index (χ1) is 10.0. The molecule has 1 aromatic carbocycles. The van der Waals surface area contributed by atoms with Crippen LogP contribution in [0.2, 0.25) is 0 Å². The number of tetrazole rings is 1. The molecule has 2 atom stereocenters. The molecule has 7 nitrogen and oxygen atoms in total. The molecule has 0 aliphatic heterocycles. The van der Waals surface area contributed by atoms with E-state index in [1.165, 1.54) is 0 Å². The molecule has 0 aliphatic rings. The van der Waals surface area contributed by atoms with Gasteiger partial charge in [0, 0.05) is 28.5 Å². The van der Waals surface area contributed by atoms with E-state index < -0.39 is 10.8 Å². The first-order valence-electron chi connectivity index (χ1n) is 6.55. The number of nitrogen functional groups attached to an aromatic ring is 1. The van der Waals surface area contributed by atoms with Crippen molar-refractivity contribution in [2.75, 3.05) is 24.9 Å². The van der Waals surface area contributed by atoms with E-state index in [4.69, 9.17) is 10.5 Å². The second-order valence-electron chi connectivity index (χ2n) is 4.79. The molecule has 8 heteroatoms. The molecule has 1 aromatic heterocycles. The lowest BCUT2D eigenvalue weighted by Crippen LogP contribution is -2.13. The molecule has 0 spiro atoms. The van der Waals surface area contributed by atoms with Gasteiger partial charge in [0.25, 0.3) is 0 Å². The first kappa shape index (κ1) is 15.4. The molecule has 114 valence electrons. The third-order valence-electron chi connectivity index (χ3n) is 3.24. The Morgan fingerprint density at radius 2 is 2.24 bits per heavy atom. The second-order valence-corrected chi connectivity index (χ2v) is 6.34. The number of rotatable bonds is 6. The largest absolute Gasteiger partial charge is 0.496 e. The monoisotopic (exact) mass is 309 g/mol. The summed E-state index contributed by atoms with van der Waals surface area (Å²) in [6, 6.07) is 5.43. The summed E-state index contributed by atoms with van der Waals surface area (Å²) in [5.41, 5.74) is 7.27. The molecule has 2 unspecified atom stereocenters. The lowest BCUT2D eigenvalue weighted by atomic mass is 10.1. The van der Waals surface area contributed by atoms with Crippen LogP contribution < -0.4 is 10.5 Å². The van der Waals surface area contributed by atoms with Crippen molar-refractivity contribution in [3.8, 4) is 17.1 Å². The summed E-state index contributed by atoms with van der Waals surface area (Å²) in [7, 11) is 0.739. The van der Waals surface area contributed by atoms with Gasteiger partial charge in [0.2, 0.25) is 0 Å². The summed E-state index contributed by atoms with van der Waals surface area (Å²) in [5.74, 6) is 1.78. The average Bonchev–Trinajstić information content (AvgIpc) is 2.93. The molecular weight excluding hydrogens is 290 g/mol. The molecule has 0 bridgehead atoms. The van der Waals surface area contributed by atoms with Crippen molar-refractivity contribution in [1.29, 1.82) is 0 Å². The predicted octanol–water partition coefficient (Wildman–Crippen LogP) is 1.26. The van der Waals surface area contributed by atoms with Crippen molar-refractivity contribution in [3.05, 3.63) is 18.2 Å². The standard InChI is InChI=1S/C13H19N5O2S/c1-9(7-8-21(3)19)18-13(15-16-17-18)12-10(14)5-4-6-11(12)20-2/h4-6,9H,7-8,14H2,1-3H3. The van der Waals surface area contributed by atoms with Crippen LogP contribution in [0.25, 0.3) is 11.4 Å². The van der Waals surface area contributed by atoms with Crippen LogP contribution >= 0.6 is 0 Å². The van der Waals surface area contributed by atoms with E-state index in [0.717, 1.165) is 6.42 Å². The van der Waals surface area contributed by atoms with E-state index in [1.807, 2.05) is 19.1 Å². The third-order valence-corrected chi connectivity index (χ3v) is 4.05. The van der Waals surface area contributed by atoms with E-state index in [9.17, 15) is 4.21 Å². The zero-order valence-corrected chi connectivity index (χ0v) is 13.1. The van der Waals surface area contributed by atoms with Crippen LogP contribution in [0.1, 0.15) is 19.4 Å².